The Kier molecular flexibility index (Phi) is 2.29. The lowest BCUT2D eigenvalue weighted by atomic mass is 9.85. The fraction of sp³-hybridized carbons (Fsp3) is 0.636. The van der Waals surface area contributed by atoms with Gasteiger partial charge in [0.15, 0.2) is 5.41 Å². The van der Waals surface area contributed by atoms with Crippen LogP contribution in [0.3, 0.4) is 0 Å². The van der Waals surface area contributed by atoms with E-state index >= 15 is 0 Å². The van der Waals surface area contributed by atoms with Gasteiger partial charge in [0.05, 0.1) is 0 Å². The van der Waals surface area contributed by atoms with Gasteiger partial charge in [0.1, 0.15) is 0 Å². The maximum absolute atomic E-state index is 11.1. The van der Waals surface area contributed by atoms with E-state index in [2.05, 4.69) is 0 Å². The SMILES string of the molecule is O=C(O)C1(C(=O)O)CC2CC=CCC2C1. The lowest BCUT2D eigenvalue weighted by Gasteiger charge is -2.19. The van der Waals surface area contributed by atoms with Crippen molar-refractivity contribution in [2.24, 2.45) is 17.3 Å². The van der Waals surface area contributed by atoms with Crippen LogP contribution in [0.15, 0.2) is 12.2 Å². The van der Waals surface area contributed by atoms with Gasteiger partial charge in [-0.2, -0.15) is 0 Å². The number of hydrogen-bond donors (Lipinski definition) is 2. The molecule has 2 unspecified atom stereocenters. The van der Waals surface area contributed by atoms with Crippen LogP contribution < -0.4 is 0 Å². The first-order chi connectivity index (χ1) is 7.06. The number of aliphatic carboxylic acids is 2. The van der Waals surface area contributed by atoms with Crippen molar-refractivity contribution in [3.05, 3.63) is 12.2 Å². The van der Waals surface area contributed by atoms with E-state index in [-0.39, 0.29) is 24.7 Å². The normalized spacial score (nSPS) is 32.3. The van der Waals surface area contributed by atoms with Gasteiger partial charge in [0.2, 0.25) is 0 Å². The molecule has 2 aliphatic rings. The highest BCUT2D eigenvalue weighted by molar-refractivity contribution is 5.98. The molecule has 1 saturated carbocycles. The van der Waals surface area contributed by atoms with Crippen molar-refractivity contribution in [1.82, 2.24) is 0 Å². The largest absolute Gasteiger partial charge is 0.480 e. The Hall–Kier alpha value is -1.32. The number of carbonyl (C=O) groups is 2. The fourth-order valence-corrected chi connectivity index (χ4v) is 2.85. The summed E-state index contributed by atoms with van der Waals surface area (Å²) in [6.07, 6.45) is 6.28. The summed E-state index contributed by atoms with van der Waals surface area (Å²) in [6.45, 7) is 0. The van der Waals surface area contributed by atoms with Gasteiger partial charge in [-0.15, -0.1) is 0 Å². The molecule has 1 fully saturated rings. The van der Waals surface area contributed by atoms with Crippen LogP contribution in [0.5, 0.6) is 0 Å². The number of carboxylic acids is 2. The molecule has 2 aliphatic carbocycles. The van der Waals surface area contributed by atoms with Crippen molar-refractivity contribution in [2.75, 3.05) is 0 Å². The van der Waals surface area contributed by atoms with E-state index in [0.29, 0.717) is 0 Å². The average Bonchev–Trinajstić information content (AvgIpc) is 2.57. The predicted molar refractivity (Wildman–Crippen MR) is 52.3 cm³/mol. The molecule has 2 rings (SSSR count). The van der Waals surface area contributed by atoms with Gasteiger partial charge in [0.25, 0.3) is 0 Å². The van der Waals surface area contributed by atoms with Gasteiger partial charge in [-0.3, -0.25) is 9.59 Å². The molecular formula is C11H14O4. The van der Waals surface area contributed by atoms with Crippen LogP contribution in [0.4, 0.5) is 0 Å². The smallest absolute Gasteiger partial charge is 0.321 e. The minimum Gasteiger partial charge on any atom is -0.480 e. The molecule has 0 radical (unpaired) electrons. The van der Waals surface area contributed by atoms with E-state index < -0.39 is 17.4 Å². The Morgan fingerprint density at radius 1 is 1.00 bits per heavy atom. The first kappa shape index (κ1) is 10.2. The van der Waals surface area contributed by atoms with Gasteiger partial charge in [-0.05, 0) is 37.5 Å². The van der Waals surface area contributed by atoms with Crippen molar-refractivity contribution in [3.8, 4) is 0 Å². The van der Waals surface area contributed by atoms with Crippen LogP contribution in [-0.4, -0.2) is 22.2 Å². The summed E-state index contributed by atoms with van der Waals surface area (Å²) in [5.74, 6) is -1.88. The molecule has 15 heavy (non-hydrogen) atoms. The molecular weight excluding hydrogens is 196 g/mol. The zero-order chi connectivity index (χ0) is 11.1. The molecule has 82 valence electrons. The summed E-state index contributed by atoms with van der Waals surface area (Å²) in [5.41, 5.74) is -1.53. The Labute approximate surface area is 87.6 Å². The van der Waals surface area contributed by atoms with Crippen LogP contribution in [-0.2, 0) is 9.59 Å². The van der Waals surface area contributed by atoms with Crippen molar-refractivity contribution in [2.45, 2.75) is 25.7 Å². The summed E-state index contributed by atoms with van der Waals surface area (Å²) in [7, 11) is 0. The lowest BCUT2D eigenvalue weighted by Crippen LogP contribution is -2.37. The Bertz CT molecular complexity index is 299. The highest BCUT2D eigenvalue weighted by atomic mass is 16.4. The summed E-state index contributed by atoms with van der Waals surface area (Å²) < 4.78 is 0. The minimum atomic E-state index is -1.53. The zero-order valence-electron chi connectivity index (χ0n) is 8.35. The van der Waals surface area contributed by atoms with Crippen molar-refractivity contribution in [1.29, 1.82) is 0 Å². The van der Waals surface area contributed by atoms with E-state index in [9.17, 15) is 9.59 Å². The van der Waals surface area contributed by atoms with Gasteiger partial charge >= 0.3 is 11.9 Å². The van der Waals surface area contributed by atoms with Gasteiger partial charge in [-0.1, -0.05) is 12.2 Å². The molecule has 4 heteroatoms. The Morgan fingerprint density at radius 3 is 1.73 bits per heavy atom. The fourth-order valence-electron chi connectivity index (χ4n) is 2.85. The molecule has 0 spiro atoms. The average molecular weight is 210 g/mol. The van der Waals surface area contributed by atoms with Gasteiger partial charge in [-0.25, -0.2) is 0 Å². The van der Waals surface area contributed by atoms with Crippen LogP contribution in [0.25, 0.3) is 0 Å². The second-order valence-electron chi connectivity index (χ2n) is 4.56. The van der Waals surface area contributed by atoms with Crippen molar-refractivity contribution < 1.29 is 19.8 Å². The molecule has 2 N–H and O–H groups in total. The van der Waals surface area contributed by atoms with E-state index in [1.807, 2.05) is 12.2 Å². The van der Waals surface area contributed by atoms with Crippen LogP contribution >= 0.6 is 0 Å². The lowest BCUT2D eigenvalue weighted by molar-refractivity contribution is -0.164. The van der Waals surface area contributed by atoms with E-state index in [1.165, 1.54) is 0 Å². The molecule has 0 heterocycles. The van der Waals surface area contributed by atoms with E-state index in [0.717, 1.165) is 12.8 Å². The van der Waals surface area contributed by atoms with Gasteiger partial charge in [0, 0.05) is 0 Å². The zero-order valence-corrected chi connectivity index (χ0v) is 8.35. The molecule has 0 aliphatic heterocycles. The van der Waals surface area contributed by atoms with E-state index in [4.69, 9.17) is 10.2 Å². The van der Waals surface area contributed by atoms with Gasteiger partial charge < -0.3 is 10.2 Å². The molecule has 4 nitrogen and oxygen atoms in total. The molecule has 0 aromatic rings. The first-order valence-corrected chi connectivity index (χ1v) is 5.18. The minimum absolute atomic E-state index is 0.238. The molecule has 0 aromatic carbocycles. The third kappa shape index (κ3) is 1.44. The number of hydrogen-bond acceptors (Lipinski definition) is 2. The molecule has 0 saturated heterocycles. The summed E-state index contributed by atoms with van der Waals surface area (Å²) in [6, 6.07) is 0. The topological polar surface area (TPSA) is 74.6 Å². The van der Waals surface area contributed by atoms with Crippen molar-refractivity contribution >= 4 is 11.9 Å². The van der Waals surface area contributed by atoms with Crippen LogP contribution in [0.2, 0.25) is 0 Å². The Morgan fingerprint density at radius 2 is 1.40 bits per heavy atom. The number of allylic oxidation sites excluding steroid dienone is 2. The summed E-state index contributed by atoms with van der Waals surface area (Å²) >= 11 is 0. The molecule has 0 aromatic heterocycles. The second kappa shape index (κ2) is 3.36. The standard InChI is InChI=1S/C11H14O4/c12-9(13)11(10(14)15)5-7-3-1-2-4-8(7)6-11/h1-2,7-8H,3-6H2,(H,12,13)(H,14,15). The number of carboxylic acid groups (broad SMARTS) is 2. The maximum Gasteiger partial charge on any atom is 0.321 e. The number of rotatable bonds is 2. The van der Waals surface area contributed by atoms with Crippen molar-refractivity contribution in [3.63, 3.8) is 0 Å². The van der Waals surface area contributed by atoms with Crippen LogP contribution in [0, 0.1) is 17.3 Å². The maximum atomic E-state index is 11.1. The number of fused-ring (bicyclic) bond motifs is 1. The Balaban J connectivity index is 2.25. The monoisotopic (exact) mass is 210 g/mol. The summed E-state index contributed by atoms with van der Waals surface area (Å²) in [5, 5.41) is 18.2. The van der Waals surface area contributed by atoms with E-state index in [1.54, 1.807) is 0 Å². The van der Waals surface area contributed by atoms with Crippen LogP contribution in [0.1, 0.15) is 25.7 Å². The second-order valence-corrected chi connectivity index (χ2v) is 4.56. The third-order valence-electron chi connectivity index (χ3n) is 3.75. The quantitative estimate of drug-likeness (QED) is 0.535. The highest BCUT2D eigenvalue weighted by Crippen LogP contribution is 2.50. The molecule has 0 bridgehead atoms. The predicted octanol–water partition coefficient (Wildman–Crippen LogP) is 1.52. The summed E-state index contributed by atoms with van der Waals surface area (Å²) in [4.78, 5) is 22.2. The molecule has 0 amide bonds. The third-order valence-corrected chi connectivity index (χ3v) is 3.75. The highest BCUT2D eigenvalue weighted by Gasteiger charge is 2.55. The first-order valence-electron chi connectivity index (χ1n) is 5.18. The molecule has 2 atom stereocenters.